The fourth-order valence-corrected chi connectivity index (χ4v) is 10.9. The summed E-state index contributed by atoms with van der Waals surface area (Å²) in [5.74, 6) is -0.195. The highest BCUT2D eigenvalue weighted by molar-refractivity contribution is 5.76. The van der Waals surface area contributed by atoms with E-state index in [1.165, 1.54) is 238 Å². The number of aliphatic hydroxyl groups is 5. The van der Waals surface area contributed by atoms with Crippen molar-refractivity contribution in [2.24, 2.45) is 0 Å². The Morgan fingerprint density at radius 3 is 1.29 bits per heavy atom. The summed E-state index contributed by atoms with van der Waals surface area (Å²) < 4.78 is 16.7. The Morgan fingerprint density at radius 1 is 0.440 bits per heavy atom. The zero-order valence-electron chi connectivity index (χ0n) is 54.4. The summed E-state index contributed by atoms with van der Waals surface area (Å²) in [6.45, 7) is 4.29. The van der Waals surface area contributed by atoms with Gasteiger partial charge in [0.1, 0.15) is 24.4 Å². The van der Waals surface area contributed by atoms with Crippen LogP contribution in [0.5, 0.6) is 0 Å². The van der Waals surface area contributed by atoms with E-state index in [0.29, 0.717) is 19.4 Å². The maximum absolute atomic E-state index is 13.1. The molecule has 0 spiro atoms. The highest BCUT2D eigenvalue weighted by Crippen LogP contribution is 2.23. The van der Waals surface area contributed by atoms with Gasteiger partial charge in [0.2, 0.25) is 5.91 Å². The highest BCUT2D eigenvalue weighted by Gasteiger charge is 2.44. The summed E-state index contributed by atoms with van der Waals surface area (Å²) in [6.07, 6.45) is 72.2. The first-order valence-electron chi connectivity index (χ1n) is 35.6. The number of nitrogens with one attached hydrogen (secondary N) is 1. The van der Waals surface area contributed by atoms with Crippen LogP contribution in [0.3, 0.4) is 0 Å². The van der Waals surface area contributed by atoms with Gasteiger partial charge in [0.15, 0.2) is 6.29 Å². The number of hydrogen-bond acceptors (Lipinski definition) is 10. The van der Waals surface area contributed by atoms with Gasteiger partial charge < -0.3 is 45.1 Å². The Morgan fingerprint density at radius 2 is 0.821 bits per heavy atom. The maximum atomic E-state index is 13.1. The number of esters is 1. The van der Waals surface area contributed by atoms with E-state index in [-0.39, 0.29) is 18.5 Å². The molecule has 1 amide bonds. The second kappa shape index (κ2) is 62.0. The molecule has 0 aromatic heterocycles. The van der Waals surface area contributed by atoms with E-state index in [2.05, 4.69) is 67.8 Å². The maximum Gasteiger partial charge on any atom is 0.305 e. The largest absolute Gasteiger partial charge is 0.466 e. The third kappa shape index (κ3) is 50.4. The molecular formula is C73H133NO10. The van der Waals surface area contributed by atoms with Crippen molar-refractivity contribution < 1.29 is 49.3 Å². The van der Waals surface area contributed by atoms with Gasteiger partial charge in [-0.15, -0.1) is 0 Å². The predicted molar refractivity (Wildman–Crippen MR) is 352 cm³/mol. The fourth-order valence-electron chi connectivity index (χ4n) is 10.9. The summed E-state index contributed by atoms with van der Waals surface area (Å²) in [5.41, 5.74) is 0. The normalized spacial score (nSPS) is 18.4. The van der Waals surface area contributed by atoms with Crippen molar-refractivity contribution in [1.29, 1.82) is 0 Å². The average Bonchev–Trinajstić information content (AvgIpc) is 3.70. The van der Waals surface area contributed by atoms with Crippen LogP contribution in [-0.4, -0.2) is 100 Å². The van der Waals surface area contributed by atoms with E-state index in [1.807, 2.05) is 6.08 Å². The lowest BCUT2D eigenvalue weighted by atomic mass is 9.99. The molecule has 84 heavy (non-hydrogen) atoms. The molecule has 0 aliphatic carbocycles. The van der Waals surface area contributed by atoms with Gasteiger partial charge in [0.05, 0.1) is 32.0 Å². The summed E-state index contributed by atoms with van der Waals surface area (Å²) in [4.78, 5) is 25.1. The number of carbonyl (C=O) groups is 2. The van der Waals surface area contributed by atoms with Crippen LogP contribution in [-0.2, 0) is 23.8 Å². The van der Waals surface area contributed by atoms with Crippen molar-refractivity contribution in [1.82, 2.24) is 5.32 Å². The van der Waals surface area contributed by atoms with E-state index >= 15 is 0 Å². The average molecular weight is 1180 g/mol. The van der Waals surface area contributed by atoms with Crippen LogP contribution in [0.2, 0.25) is 0 Å². The zero-order chi connectivity index (χ0) is 60.9. The molecule has 0 aromatic carbocycles. The summed E-state index contributed by atoms with van der Waals surface area (Å²) in [7, 11) is 0. The molecule has 7 unspecified atom stereocenters. The monoisotopic (exact) mass is 1180 g/mol. The van der Waals surface area contributed by atoms with Gasteiger partial charge in [-0.1, -0.05) is 280 Å². The number of rotatable bonds is 62. The van der Waals surface area contributed by atoms with Crippen LogP contribution < -0.4 is 5.32 Å². The molecule has 1 rings (SSSR count). The molecule has 1 heterocycles. The Balaban J connectivity index is 1.97. The van der Waals surface area contributed by atoms with E-state index in [0.717, 1.165) is 64.2 Å². The lowest BCUT2D eigenvalue weighted by molar-refractivity contribution is -0.302. The molecule has 0 saturated carbocycles. The third-order valence-corrected chi connectivity index (χ3v) is 16.6. The number of aliphatic hydroxyl groups excluding tert-OH is 5. The Bertz CT molecular complexity index is 1580. The molecule has 0 bridgehead atoms. The van der Waals surface area contributed by atoms with Crippen molar-refractivity contribution in [3.63, 3.8) is 0 Å². The SMILES string of the molecule is CCCC/C=C\CCCCCCCC(=O)OCCCCCCCCCCC/C=C\C/C=C\CCCCCCCCCCCCCCCCCCCC(=O)NC(COC1OC(CO)C(O)C(O)C1O)C(O)/C=C/CC/C=C/CCCCCCCC. The second-order valence-electron chi connectivity index (χ2n) is 24.6. The Labute approximate surface area is 516 Å². The molecule has 1 aliphatic rings. The van der Waals surface area contributed by atoms with Crippen molar-refractivity contribution in [2.45, 2.75) is 371 Å². The molecule has 0 radical (unpaired) electrons. The molecular weight excluding hydrogens is 1050 g/mol. The topological polar surface area (TPSA) is 175 Å². The Kier molecular flexibility index (Phi) is 58.6. The van der Waals surface area contributed by atoms with Crippen molar-refractivity contribution in [2.75, 3.05) is 19.8 Å². The number of allylic oxidation sites excluding steroid dienone is 9. The van der Waals surface area contributed by atoms with Crippen LogP contribution in [0.25, 0.3) is 0 Å². The first-order chi connectivity index (χ1) is 41.2. The van der Waals surface area contributed by atoms with Crippen molar-refractivity contribution in [3.8, 4) is 0 Å². The molecule has 7 atom stereocenters. The number of amides is 1. The minimum Gasteiger partial charge on any atom is -0.466 e. The summed E-state index contributed by atoms with van der Waals surface area (Å²) in [5, 5.41) is 54.4. The molecule has 11 nitrogen and oxygen atoms in total. The van der Waals surface area contributed by atoms with Crippen LogP contribution in [0.15, 0.2) is 60.8 Å². The van der Waals surface area contributed by atoms with Crippen molar-refractivity contribution in [3.05, 3.63) is 60.8 Å². The van der Waals surface area contributed by atoms with E-state index in [4.69, 9.17) is 14.2 Å². The molecule has 0 aromatic rings. The standard InChI is InChI=1S/C73H133NO10/c1-3-5-7-9-11-13-15-40-43-47-51-55-59-66(76)65(64-83-73-72(81)71(80)70(79)67(63-75)84-73)74-68(77)60-56-52-48-44-41-37-35-33-31-29-27-25-23-21-19-17-16-18-20-22-24-26-28-30-32-34-36-38-42-46-50-54-58-62-82-69(78)61-57-53-49-45-39-14-12-10-8-6-4-2/h10,12,20,22,26,28,40,43,55,59,65-67,70-73,75-76,79-81H,3-9,11,13-19,21,23-25,27,29-39,41-42,44-54,56-58,60-64H2,1-2H3,(H,74,77)/b12-10-,22-20-,28-26-,43-40+,59-55+. The van der Waals surface area contributed by atoms with Gasteiger partial charge >= 0.3 is 5.97 Å². The van der Waals surface area contributed by atoms with E-state index < -0.39 is 49.5 Å². The lowest BCUT2D eigenvalue weighted by Gasteiger charge is -2.40. The summed E-state index contributed by atoms with van der Waals surface area (Å²) >= 11 is 0. The molecule has 11 heteroatoms. The minimum atomic E-state index is -1.58. The Hall–Kier alpha value is -2.64. The quantitative estimate of drug-likeness (QED) is 0.0195. The molecule has 490 valence electrons. The van der Waals surface area contributed by atoms with Gasteiger partial charge in [-0.3, -0.25) is 9.59 Å². The van der Waals surface area contributed by atoms with Crippen LogP contribution >= 0.6 is 0 Å². The van der Waals surface area contributed by atoms with Crippen LogP contribution in [0.1, 0.15) is 328 Å². The minimum absolute atomic E-state index is 0.00475. The molecule has 6 N–H and O–H groups in total. The summed E-state index contributed by atoms with van der Waals surface area (Å²) in [6, 6.07) is -0.827. The van der Waals surface area contributed by atoms with E-state index in [1.54, 1.807) is 6.08 Å². The first kappa shape index (κ1) is 79.4. The first-order valence-corrected chi connectivity index (χ1v) is 35.6. The van der Waals surface area contributed by atoms with Gasteiger partial charge in [-0.2, -0.15) is 0 Å². The molecule has 1 fully saturated rings. The third-order valence-electron chi connectivity index (χ3n) is 16.6. The van der Waals surface area contributed by atoms with Crippen molar-refractivity contribution >= 4 is 11.9 Å². The van der Waals surface area contributed by atoms with Gasteiger partial charge in [-0.25, -0.2) is 0 Å². The number of ether oxygens (including phenoxy) is 3. The van der Waals surface area contributed by atoms with Crippen LogP contribution in [0, 0.1) is 0 Å². The number of carbonyl (C=O) groups excluding carboxylic acids is 2. The van der Waals surface area contributed by atoms with Gasteiger partial charge in [-0.05, 0) is 96.3 Å². The van der Waals surface area contributed by atoms with Crippen LogP contribution in [0.4, 0.5) is 0 Å². The molecule has 1 aliphatic heterocycles. The fraction of sp³-hybridized carbons (Fsp3) is 0.836. The number of unbranched alkanes of at least 4 members (excludes halogenated alkanes) is 40. The van der Waals surface area contributed by atoms with Gasteiger partial charge in [0.25, 0.3) is 0 Å². The molecule has 1 saturated heterocycles. The van der Waals surface area contributed by atoms with Gasteiger partial charge in [0, 0.05) is 12.8 Å². The predicted octanol–water partition coefficient (Wildman–Crippen LogP) is 18.1. The second-order valence-corrected chi connectivity index (χ2v) is 24.6. The highest BCUT2D eigenvalue weighted by atomic mass is 16.7. The number of hydrogen-bond donors (Lipinski definition) is 6. The lowest BCUT2D eigenvalue weighted by Crippen LogP contribution is -2.60. The smallest absolute Gasteiger partial charge is 0.305 e. The zero-order valence-corrected chi connectivity index (χ0v) is 54.4. The van der Waals surface area contributed by atoms with E-state index in [9.17, 15) is 35.1 Å².